The summed E-state index contributed by atoms with van der Waals surface area (Å²) in [6.07, 6.45) is -0.751. The molecule has 0 saturated carbocycles. The second-order valence-corrected chi connectivity index (χ2v) is 6.28. The van der Waals surface area contributed by atoms with E-state index in [1.54, 1.807) is 12.1 Å². The molecular formula is C18H16F3N3S. The number of hydrogen-bond donors (Lipinski definition) is 0. The number of hydrogen-bond acceptors (Lipinski definition) is 4. The Morgan fingerprint density at radius 3 is 2.48 bits per heavy atom. The highest BCUT2D eigenvalue weighted by Crippen LogP contribution is 2.25. The smallest absolute Gasteiger partial charge is 0.278 e. The average Bonchev–Trinajstić information content (AvgIpc) is 3.12. The van der Waals surface area contributed by atoms with Crippen LogP contribution >= 0.6 is 11.9 Å². The van der Waals surface area contributed by atoms with Crippen molar-refractivity contribution >= 4 is 29.1 Å². The van der Waals surface area contributed by atoms with Gasteiger partial charge in [0.15, 0.2) is 0 Å². The van der Waals surface area contributed by atoms with Crippen molar-refractivity contribution < 1.29 is 13.2 Å². The van der Waals surface area contributed by atoms with E-state index in [0.717, 1.165) is 5.69 Å². The van der Waals surface area contributed by atoms with Crippen LogP contribution in [0.15, 0.2) is 58.7 Å². The SMILES string of the molecule is CSN(Cc1ccc(C2=NN=C(C(F)F)C2)cc1F)c1ccccc1. The van der Waals surface area contributed by atoms with Gasteiger partial charge in [-0.3, -0.25) is 0 Å². The molecule has 1 aliphatic rings. The van der Waals surface area contributed by atoms with Gasteiger partial charge in [0.05, 0.1) is 12.3 Å². The third-order valence-corrected chi connectivity index (χ3v) is 4.65. The zero-order chi connectivity index (χ0) is 17.8. The summed E-state index contributed by atoms with van der Waals surface area (Å²) in [4.78, 5) is 0. The van der Waals surface area contributed by atoms with E-state index in [1.165, 1.54) is 18.0 Å². The van der Waals surface area contributed by atoms with Gasteiger partial charge < -0.3 is 4.31 Å². The number of nitrogens with zero attached hydrogens (tertiary/aromatic N) is 3. The highest BCUT2D eigenvalue weighted by atomic mass is 32.2. The number of halogens is 3. The molecule has 0 radical (unpaired) electrons. The lowest BCUT2D eigenvalue weighted by molar-refractivity contribution is 0.224. The predicted molar refractivity (Wildman–Crippen MR) is 97.1 cm³/mol. The summed E-state index contributed by atoms with van der Waals surface area (Å²) in [5.41, 5.74) is 2.07. The van der Waals surface area contributed by atoms with E-state index in [9.17, 15) is 13.2 Å². The molecule has 0 amide bonds. The Balaban J connectivity index is 1.75. The van der Waals surface area contributed by atoms with Gasteiger partial charge in [0.1, 0.15) is 11.5 Å². The van der Waals surface area contributed by atoms with Crippen LogP contribution in [0, 0.1) is 5.82 Å². The Morgan fingerprint density at radius 1 is 1.12 bits per heavy atom. The van der Waals surface area contributed by atoms with Crippen molar-refractivity contribution in [3.05, 3.63) is 65.5 Å². The van der Waals surface area contributed by atoms with Crippen LogP contribution in [0.3, 0.4) is 0 Å². The van der Waals surface area contributed by atoms with Crippen LogP contribution in [0.1, 0.15) is 17.5 Å². The van der Waals surface area contributed by atoms with Crippen molar-refractivity contribution in [2.45, 2.75) is 19.4 Å². The lowest BCUT2D eigenvalue weighted by Gasteiger charge is -2.22. The number of anilines is 1. The average molecular weight is 363 g/mol. The molecule has 1 aliphatic heterocycles. The molecular weight excluding hydrogens is 347 g/mol. The fourth-order valence-electron chi connectivity index (χ4n) is 2.51. The summed E-state index contributed by atoms with van der Waals surface area (Å²) >= 11 is 1.50. The molecule has 1 heterocycles. The molecule has 0 saturated heterocycles. The van der Waals surface area contributed by atoms with Crippen molar-refractivity contribution in [2.75, 3.05) is 10.6 Å². The van der Waals surface area contributed by atoms with Gasteiger partial charge in [-0.1, -0.05) is 42.3 Å². The summed E-state index contributed by atoms with van der Waals surface area (Å²) in [7, 11) is 0. The van der Waals surface area contributed by atoms with Crippen LogP contribution in [0.2, 0.25) is 0 Å². The third-order valence-electron chi connectivity index (χ3n) is 3.86. The van der Waals surface area contributed by atoms with E-state index in [2.05, 4.69) is 10.2 Å². The van der Waals surface area contributed by atoms with Gasteiger partial charge in [0.2, 0.25) is 0 Å². The third kappa shape index (κ3) is 4.04. The summed E-state index contributed by atoms with van der Waals surface area (Å²) in [6, 6.07) is 14.4. The molecule has 0 atom stereocenters. The Labute approximate surface area is 148 Å². The molecule has 7 heteroatoms. The molecule has 0 fully saturated rings. The van der Waals surface area contributed by atoms with Crippen LogP contribution in [0.25, 0.3) is 0 Å². The van der Waals surface area contributed by atoms with E-state index >= 15 is 0 Å². The molecule has 3 rings (SSSR count). The van der Waals surface area contributed by atoms with Crippen LogP contribution in [-0.2, 0) is 6.54 Å². The van der Waals surface area contributed by atoms with E-state index in [-0.39, 0.29) is 17.9 Å². The Kier molecular flexibility index (Phi) is 5.43. The van der Waals surface area contributed by atoms with Crippen LogP contribution in [0.5, 0.6) is 0 Å². The quantitative estimate of drug-likeness (QED) is 0.681. The van der Waals surface area contributed by atoms with Crippen molar-refractivity contribution in [2.24, 2.45) is 10.2 Å². The fourth-order valence-corrected chi connectivity index (χ4v) is 3.11. The topological polar surface area (TPSA) is 28.0 Å². The highest BCUT2D eigenvalue weighted by Gasteiger charge is 2.22. The van der Waals surface area contributed by atoms with E-state index in [1.807, 2.05) is 40.9 Å². The standard InChI is InChI=1S/C18H16F3N3S/c1-25-24(14-5-3-2-4-6-14)11-13-8-7-12(9-15(13)19)16-10-17(18(20)21)23-22-16/h2-9,18H,10-11H2,1H3. The molecule has 0 spiro atoms. The van der Waals surface area contributed by atoms with Gasteiger partial charge in [-0.2, -0.15) is 10.2 Å². The molecule has 25 heavy (non-hydrogen) atoms. The fraction of sp³-hybridized carbons (Fsp3) is 0.222. The molecule has 0 aliphatic carbocycles. The van der Waals surface area contributed by atoms with Crippen LogP contribution in [-0.4, -0.2) is 24.1 Å². The summed E-state index contributed by atoms with van der Waals surface area (Å²) in [5.74, 6) is -0.388. The van der Waals surface area contributed by atoms with Crippen LogP contribution < -0.4 is 4.31 Å². The largest absolute Gasteiger partial charge is 0.312 e. The first kappa shape index (κ1) is 17.5. The molecule has 0 N–H and O–H groups in total. The first-order chi connectivity index (χ1) is 12.1. The molecule has 2 aromatic carbocycles. The Hall–Kier alpha value is -2.28. The van der Waals surface area contributed by atoms with E-state index in [4.69, 9.17) is 0 Å². The van der Waals surface area contributed by atoms with Crippen molar-refractivity contribution in [1.82, 2.24) is 0 Å². The van der Waals surface area contributed by atoms with Crippen molar-refractivity contribution in [3.63, 3.8) is 0 Å². The van der Waals surface area contributed by atoms with E-state index < -0.39 is 6.43 Å². The van der Waals surface area contributed by atoms with Gasteiger partial charge >= 0.3 is 0 Å². The lowest BCUT2D eigenvalue weighted by Crippen LogP contribution is -2.15. The molecule has 3 nitrogen and oxygen atoms in total. The lowest BCUT2D eigenvalue weighted by atomic mass is 10.0. The van der Waals surface area contributed by atoms with Crippen molar-refractivity contribution in [3.8, 4) is 0 Å². The minimum absolute atomic E-state index is 0.0442. The second-order valence-electron chi connectivity index (χ2n) is 5.48. The monoisotopic (exact) mass is 363 g/mol. The van der Waals surface area contributed by atoms with Crippen molar-refractivity contribution in [1.29, 1.82) is 0 Å². The molecule has 2 aromatic rings. The second kappa shape index (κ2) is 7.74. The van der Waals surface area contributed by atoms with Gasteiger partial charge in [0, 0.05) is 29.5 Å². The molecule has 0 bridgehead atoms. The predicted octanol–water partition coefficient (Wildman–Crippen LogP) is 4.92. The maximum atomic E-state index is 14.5. The summed E-state index contributed by atoms with van der Waals surface area (Å²) in [6.45, 7) is 0.391. The van der Waals surface area contributed by atoms with Gasteiger partial charge in [-0.15, -0.1) is 0 Å². The van der Waals surface area contributed by atoms with Crippen LogP contribution in [0.4, 0.5) is 18.9 Å². The number of alkyl halides is 2. The first-order valence-corrected chi connectivity index (χ1v) is 8.83. The zero-order valence-electron chi connectivity index (χ0n) is 13.5. The van der Waals surface area contributed by atoms with Gasteiger partial charge in [-0.25, -0.2) is 13.2 Å². The minimum Gasteiger partial charge on any atom is -0.312 e. The Morgan fingerprint density at radius 2 is 1.88 bits per heavy atom. The molecule has 0 unspecified atom stereocenters. The van der Waals surface area contributed by atoms with Gasteiger partial charge in [-0.05, 0) is 18.2 Å². The normalized spacial score (nSPS) is 13.8. The number of para-hydroxylation sites is 1. The Bertz CT molecular complexity index is 806. The van der Waals surface area contributed by atoms with E-state index in [0.29, 0.717) is 23.4 Å². The minimum atomic E-state index is -2.63. The maximum Gasteiger partial charge on any atom is 0.278 e. The van der Waals surface area contributed by atoms with Gasteiger partial charge in [0.25, 0.3) is 6.43 Å². The first-order valence-electron chi connectivity index (χ1n) is 7.65. The number of rotatable bonds is 6. The molecule has 130 valence electrons. The molecule has 0 aromatic heterocycles. The maximum absolute atomic E-state index is 14.5. The highest BCUT2D eigenvalue weighted by molar-refractivity contribution is 7.99. The summed E-state index contributed by atoms with van der Waals surface area (Å²) < 4.78 is 41.7. The zero-order valence-corrected chi connectivity index (χ0v) is 14.3. The summed E-state index contributed by atoms with van der Waals surface area (Å²) in [5, 5.41) is 7.21. The number of benzene rings is 2.